The van der Waals surface area contributed by atoms with Crippen LogP contribution in [0.15, 0.2) is 17.3 Å². The van der Waals surface area contributed by atoms with Gasteiger partial charge >= 0.3 is 0 Å². The molecule has 1 aromatic heterocycles. The summed E-state index contributed by atoms with van der Waals surface area (Å²) in [4.78, 5) is 8.13. The Morgan fingerprint density at radius 3 is 3.00 bits per heavy atom. The zero-order chi connectivity index (χ0) is 8.97. The van der Waals surface area contributed by atoms with E-state index in [1.807, 2.05) is 19.9 Å². The predicted octanol–water partition coefficient (Wildman–Crippen LogP) is 0.629. The van der Waals surface area contributed by atoms with E-state index in [0.29, 0.717) is 0 Å². The van der Waals surface area contributed by atoms with Gasteiger partial charge in [-0.15, -0.1) is 0 Å². The van der Waals surface area contributed by atoms with Gasteiger partial charge in [0.15, 0.2) is 0 Å². The van der Waals surface area contributed by atoms with Crippen LogP contribution < -0.4 is 10.6 Å². The van der Waals surface area contributed by atoms with E-state index in [9.17, 15) is 0 Å². The summed E-state index contributed by atoms with van der Waals surface area (Å²) in [5.74, 6) is 0. The maximum atomic E-state index is 4.12. The van der Waals surface area contributed by atoms with Crippen LogP contribution in [-0.4, -0.2) is 11.2 Å². The molecule has 1 heterocycles. The lowest BCUT2D eigenvalue weighted by Gasteiger charge is -1.89. The number of aromatic nitrogens is 1. The highest BCUT2D eigenvalue weighted by Gasteiger charge is 1.84. The van der Waals surface area contributed by atoms with Crippen LogP contribution in [0.1, 0.15) is 12.5 Å². The van der Waals surface area contributed by atoms with Crippen molar-refractivity contribution >= 4 is 19.0 Å². The lowest BCUT2D eigenvalue weighted by molar-refractivity contribution is 1.18. The van der Waals surface area contributed by atoms with E-state index >= 15 is 0 Å². The first-order chi connectivity index (χ1) is 5.74. The molecule has 0 saturated heterocycles. The molecule has 0 aromatic carbocycles. The zero-order valence-electron chi connectivity index (χ0n) is 7.41. The minimum absolute atomic E-state index is 0.770. The van der Waals surface area contributed by atoms with Crippen LogP contribution in [0, 0.1) is 6.92 Å². The van der Waals surface area contributed by atoms with E-state index in [1.165, 1.54) is 0 Å². The van der Waals surface area contributed by atoms with Crippen molar-refractivity contribution < 1.29 is 0 Å². The van der Waals surface area contributed by atoms with E-state index in [-0.39, 0.29) is 0 Å². The van der Waals surface area contributed by atoms with Crippen molar-refractivity contribution in [3.05, 3.63) is 28.4 Å². The average Bonchev–Trinajstić information content (AvgIpc) is 2.07. The summed E-state index contributed by atoms with van der Waals surface area (Å²) in [7, 11) is 0. The van der Waals surface area contributed by atoms with Crippen LogP contribution in [0.2, 0.25) is 0 Å². The molecule has 0 aliphatic carbocycles. The van der Waals surface area contributed by atoms with E-state index in [4.69, 9.17) is 0 Å². The molecule has 0 bridgehead atoms. The molecular weight excluding hydrogens is 148 g/mol. The fraction of sp³-hybridized carbons (Fsp3) is 0.200. The lowest BCUT2D eigenvalue weighted by atomic mass is 10.3. The quantitative estimate of drug-likeness (QED) is 0.553. The second-order valence-electron chi connectivity index (χ2n) is 2.58. The SMILES string of the molecule is C=c1ncc(C)c/c1=C/N=C\C. The van der Waals surface area contributed by atoms with Gasteiger partial charge < -0.3 is 0 Å². The molecule has 1 rings (SSSR count). The molecule has 0 unspecified atom stereocenters. The van der Waals surface area contributed by atoms with Crippen molar-refractivity contribution in [1.82, 2.24) is 4.98 Å². The molecule has 0 spiro atoms. The number of nitrogens with zero attached hydrogens (tertiary/aromatic N) is 2. The summed E-state index contributed by atoms with van der Waals surface area (Å²) >= 11 is 0. The second kappa shape index (κ2) is 3.81. The number of aryl methyl sites for hydroxylation is 1. The highest BCUT2D eigenvalue weighted by atomic mass is 14.7. The molecule has 0 radical (unpaired) electrons. The molecule has 0 saturated carbocycles. The summed E-state index contributed by atoms with van der Waals surface area (Å²) in [6.07, 6.45) is 5.30. The summed E-state index contributed by atoms with van der Waals surface area (Å²) in [6, 6.07) is 2.02. The highest BCUT2D eigenvalue weighted by molar-refractivity contribution is 5.57. The molecule has 12 heavy (non-hydrogen) atoms. The Hall–Kier alpha value is -1.44. The third-order valence-corrected chi connectivity index (χ3v) is 1.50. The summed E-state index contributed by atoms with van der Waals surface area (Å²) in [6.45, 7) is 7.68. The van der Waals surface area contributed by atoms with Gasteiger partial charge in [0.05, 0.1) is 5.35 Å². The van der Waals surface area contributed by atoms with Crippen LogP contribution in [0.5, 0.6) is 0 Å². The molecule has 1 aromatic rings. The van der Waals surface area contributed by atoms with Gasteiger partial charge in [0.2, 0.25) is 0 Å². The van der Waals surface area contributed by atoms with E-state index < -0.39 is 0 Å². The lowest BCUT2D eigenvalue weighted by Crippen LogP contribution is -2.26. The predicted molar refractivity (Wildman–Crippen MR) is 52.4 cm³/mol. The standard InChI is InChI=1S/C10H12N2/c1-4-11-7-10-5-8(2)6-12-9(10)3/h4-7H,3H2,1-2H3/b10-7-,11-4-. The van der Waals surface area contributed by atoms with Crippen LogP contribution in [0.3, 0.4) is 0 Å². The fourth-order valence-electron chi connectivity index (χ4n) is 0.887. The Balaban J connectivity index is 3.32. The van der Waals surface area contributed by atoms with Gasteiger partial charge in [-0.2, -0.15) is 0 Å². The van der Waals surface area contributed by atoms with Crippen LogP contribution in [-0.2, 0) is 0 Å². The van der Waals surface area contributed by atoms with Crippen LogP contribution in [0.25, 0.3) is 12.8 Å². The maximum Gasteiger partial charge on any atom is 0.0645 e. The molecule has 0 atom stereocenters. The second-order valence-corrected chi connectivity index (χ2v) is 2.58. The molecule has 0 aliphatic heterocycles. The minimum Gasteiger partial charge on any atom is -0.269 e. The average molecular weight is 160 g/mol. The third-order valence-electron chi connectivity index (χ3n) is 1.50. The first-order valence-corrected chi connectivity index (χ1v) is 3.83. The largest absolute Gasteiger partial charge is 0.269 e. The summed E-state index contributed by atoms with van der Waals surface area (Å²) < 4.78 is 0. The van der Waals surface area contributed by atoms with Crippen molar-refractivity contribution in [1.29, 1.82) is 0 Å². The van der Waals surface area contributed by atoms with Crippen molar-refractivity contribution in [3.63, 3.8) is 0 Å². The Labute approximate surface area is 72.0 Å². The summed E-state index contributed by atoms with van der Waals surface area (Å²) in [5.41, 5.74) is 1.12. The molecule has 0 aliphatic rings. The van der Waals surface area contributed by atoms with Gasteiger partial charge in [0.25, 0.3) is 0 Å². The normalized spacial score (nSPS) is 12.7. The monoisotopic (exact) mass is 160 g/mol. The van der Waals surface area contributed by atoms with Gasteiger partial charge in [-0.1, -0.05) is 6.58 Å². The molecule has 0 N–H and O–H groups in total. The number of rotatable bonds is 1. The zero-order valence-corrected chi connectivity index (χ0v) is 7.41. The molecule has 0 fully saturated rings. The molecular formula is C10H12N2. The number of hydrogen-bond acceptors (Lipinski definition) is 2. The topological polar surface area (TPSA) is 25.2 Å². The van der Waals surface area contributed by atoms with Crippen LogP contribution >= 0.6 is 0 Å². The molecule has 62 valence electrons. The van der Waals surface area contributed by atoms with Gasteiger partial charge in [-0.3, -0.25) is 9.98 Å². The molecule has 2 heteroatoms. The maximum absolute atomic E-state index is 4.12. The van der Waals surface area contributed by atoms with E-state index in [1.54, 1.807) is 18.6 Å². The smallest absolute Gasteiger partial charge is 0.0645 e. The van der Waals surface area contributed by atoms with Crippen molar-refractivity contribution in [2.24, 2.45) is 4.99 Å². The van der Waals surface area contributed by atoms with E-state index in [0.717, 1.165) is 16.1 Å². The number of hydrogen-bond donors (Lipinski definition) is 0. The fourth-order valence-corrected chi connectivity index (χ4v) is 0.887. The highest BCUT2D eigenvalue weighted by Crippen LogP contribution is 1.82. The van der Waals surface area contributed by atoms with Crippen LogP contribution in [0.4, 0.5) is 0 Å². The first kappa shape index (κ1) is 8.65. The van der Waals surface area contributed by atoms with Gasteiger partial charge in [-0.05, 0) is 25.5 Å². The van der Waals surface area contributed by atoms with Crippen molar-refractivity contribution in [3.8, 4) is 0 Å². The summed E-state index contributed by atoms with van der Waals surface area (Å²) in [5, 5.41) is 1.75. The van der Waals surface area contributed by atoms with Gasteiger partial charge in [0, 0.05) is 23.8 Å². The molecule has 0 amide bonds. The van der Waals surface area contributed by atoms with Gasteiger partial charge in [-0.25, -0.2) is 0 Å². The van der Waals surface area contributed by atoms with E-state index in [2.05, 4.69) is 16.6 Å². The number of aliphatic imine (C=N–C) groups is 1. The van der Waals surface area contributed by atoms with Crippen molar-refractivity contribution in [2.45, 2.75) is 13.8 Å². The minimum atomic E-state index is 0.770. The van der Waals surface area contributed by atoms with Crippen molar-refractivity contribution in [2.75, 3.05) is 0 Å². The number of pyridine rings is 1. The first-order valence-electron chi connectivity index (χ1n) is 3.83. The Morgan fingerprint density at radius 2 is 2.33 bits per heavy atom. The Kier molecular flexibility index (Phi) is 2.75. The Morgan fingerprint density at radius 1 is 1.58 bits per heavy atom. The third kappa shape index (κ3) is 2.02. The van der Waals surface area contributed by atoms with Gasteiger partial charge in [0.1, 0.15) is 0 Å². The Bertz CT molecular complexity index is 391. The molecule has 2 nitrogen and oxygen atoms in total.